The molecule has 0 saturated carbocycles. The predicted octanol–water partition coefficient (Wildman–Crippen LogP) is 2.89. The van der Waals surface area contributed by atoms with E-state index in [9.17, 15) is 0 Å². The van der Waals surface area contributed by atoms with Crippen molar-refractivity contribution in [3.05, 3.63) is 0 Å². The predicted molar refractivity (Wildman–Crippen MR) is 125 cm³/mol. The van der Waals surface area contributed by atoms with Crippen molar-refractivity contribution in [3.8, 4) is 0 Å². The molecule has 9 unspecified atom stereocenters. The Morgan fingerprint density at radius 2 is 1.31 bits per heavy atom. The van der Waals surface area contributed by atoms with Gasteiger partial charge in [0.1, 0.15) is 0 Å². The molecule has 0 aromatic heterocycles. The Labute approximate surface area is 194 Å². The van der Waals surface area contributed by atoms with Crippen LogP contribution in [0.25, 0.3) is 0 Å². The molecular weight excluding hydrogens is 402 g/mol. The molecule has 0 radical (unpaired) electrons. The number of fused-ring (bicyclic) bond motifs is 7. The number of nitrogens with zero attached hydrogens (tertiary/aromatic N) is 3. The van der Waals surface area contributed by atoms with E-state index >= 15 is 0 Å². The summed E-state index contributed by atoms with van der Waals surface area (Å²) >= 11 is 0. The number of likely N-dealkylation sites (tertiary alicyclic amines) is 1. The molecule has 7 aliphatic rings. The Morgan fingerprint density at radius 1 is 0.656 bits per heavy atom. The van der Waals surface area contributed by atoms with E-state index in [1.165, 1.54) is 64.3 Å². The lowest BCUT2D eigenvalue weighted by atomic mass is 9.92. The van der Waals surface area contributed by atoms with Gasteiger partial charge < -0.3 is 14.2 Å². The third kappa shape index (κ3) is 4.29. The maximum absolute atomic E-state index is 5.97. The van der Waals surface area contributed by atoms with E-state index in [-0.39, 0.29) is 0 Å². The molecule has 6 bridgehead atoms. The van der Waals surface area contributed by atoms with E-state index in [1.54, 1.807) is 0 Å². The topological polar surface area (TPSA) is 37.4 Å². The van der Waals surface area contributed by atoms with Crippen LogP contribution < -0.4 is 0 Å². The normalized spacial score (nSPS) is 42.6. The molecule has 0 aromatic carbocycles. The van der Waals surface area contributed by atoms with Gasteiger partial charge in [0.15, 0.2) is 0 Å². The first-order valence-electron chi connectivity index (χ1n) is 13.8. The first kappa shape index (κ1) is 22.2. The first-order valence-corrected chi connectivity index (χ1v) is 13.8. The number of hydrogen-bond donors (Lipinski definition) is 0. The summed E-state index contributed by atoms with van der Waals surface area (Å²) in [5, 5.41) is 0. The van der Waals surface area contributed by atoms with Gasteiger partial charge in [0, 0.05) is 55.4 Å². The molecule has 0 N–H and O–H groups in total. The summed E-state index contributed by atoms with van der Waals surface area (Å²) < 4.78 is 17.8. The Bertz CT molecular complexity index is 626. The molecular formula is C26H45N3O3. The van der Waals surface area contributed by atoms with Gasteiger partial charge in [-0.1, -0.05) is 0 Å². The zero-order valence-corrected chi connectivity index (χ0v) is 20.4. The van der Waals surface area contributed by atoms with Crippen LogP contribution in [0.5, 0.6) is 0 Å². The number of ether oxygens (including phenoxy) is 3. The average Bonchev–Trinajstić information content (AvgIpc) is 3.52. The third-order valence-corrected chi connectivity index (χ3v) is 9.85. The Kier molecular flexibility index (Phi) is 6.55. The van der Waals surface area contributed by atoms with Crippen molar-refractivity contribution < 1.29 is 14.2 Å². The minimum Gasteiger partial charge on any atom is -0.378 e. The second-order valence-corrected chi connectivity index (χ2v) is 11.8. The van der Waals surface area contributed by atoms with Crippen LogP contribution >= 0.6 is 0 Å². The van der Waals surface area contributed by atoms with Crippen LogP contribution in [-0.2, 0) is 14.2 Å². The highest BCUT2D eigenvalue weighted by Crippen LogP contribution is 2.36. The molecule has 0 aliphatic carbocycles. The zero-order chi connectivity index (χ0) is 21.7. The summed E-state index contributed by atoms with van der Waals surface area (Å²) in [6.45, 7) is 11.1. The van der Waals surface area contributed by atoms with Crippen molar-refractivity contribution in [2.75, 3.05) is 39.5 Å². The van der Waals surface area contributed by atoms with Crippen molar-refractivity contribution in [1.82, 2.24) is 14.7 Å². The average molecular weight is 448 g/mol. The maximum Gasteiger partial charge on any atom is 0.0718 e. The lowest BCUT2D eigenvalue weighted by Gasteiger charge is -2.48. The molecule has 7 fully saturated rings. The molecule has 0 amide bonds. The lowest BCUT2D eigenvalue weighted by Crippen LogP contribution is -2.57. The molecule has 7 aliphatic heterocycles. The van der Waals surface area contributed by atoms with E-state index in [0.717, 1.165) is 39.0 Å². The van der Waals surface area contributed by atoms with Crippen molar-refractivity contribution in [3.63, 3.8) is 0 Å². The molecule has 7 saturated heterocycles. The van der Waals surface area contributed by atoms with Crippen LogP contribution in [0.1, 0.15) is 71.6 Å². The largest absolute Gasteiger partial charge is 0.378 e. The number of piperidine rings is 1. The number of rotatable bonds is 9. The molecule has 6 heteroatoms. The smallest absolute Gasteiger partial charge is 0.0718 e. The molecule has 7 rings (SSSR count). The fourth-order valence-electron chi connectivity index (χ4n) is 8.04. The fraction of sp³-hybridized carbons (Fsp3) is 1.00. The van der Waals surface area contributed by atoms with Gasteiger partial charge in [0.25, 0.3) is 0 Å². The summed E-state index contributed by atoms with van der Waals surface area (Å²) in [6.07, 6.45) is 12.9. The van der Waals surface area contributed by atoms with Gasteiger partial charge in [0.05, 0.1) is 38.6 Å². The minimum atomic E-state index is 0.495. The lowest BCUT2D eigenvalue weighted by molar-refractivity contribution is -0.119. The summed E-state index contributed by atoms with van der Waals surface area (Å²) in [5.41, 5.74) is 0. The Hall–Kier alpha value is -0.240. The highest BCUT2D eigenvalue weighted by Gasteiger charge is 2.44. The molecule has 0 aromatic rings. The van der Waals surface area contributed by atoms with E-state index in [2.05, 4.69) is 28.5 Å². The third-order valence-electron chi connectivity index (χ3n) is 9.85. The van der Waals surface area contributed by atoms with Crippen LogP contribution in [0.4, 0.5) is 0 Å². The number of morpholine rings is 3. The van der Waals surface area contributed by atoms with Gasteiger partial charge >= 0.3 is 0 Å². The Balaban J connectivity index is 1.07. The van der Waals surface area contributed by atoms with E-state index < -0.39 is 0 Å². The molecule has 7 heterocycles. The van der Waals surface area contributed by atoms with Crippen molar-refractivity contribution in [1.29, 1.82) is 0 Å². The maximum atomic E-state index is 5.97. The van der Waals surface area contributed by atoms with Crippen LogP contribution in [0, 0.1) is 0 Å². The zero-order valence-electron chi connectivity index (χ0n) is 20.4. The molecule has 0 spiro atoms. The fourth-order valence-corrected chi connectivity index (χ4v) is 8.04. The van der Waals surface area contributed by atoms with E-state index in [1.807, 2.05) is 0 Å². The second-order valence-electron chi connectivity index (χ2n) is 11.8. The summed E-state index contributed by atoms with van der Waals surface area (Å²) in [7, 11) is 0. The molecule has 9 atom stereocenters. The van der Waals surface area contributed by atoms with E-state index in [4.69, 9.17) is 14.2 Å². The van der Waals surface area contributed by atoms with Gasteiger partial charge in [-0.3, -0.25) is 14.7 Å². The van der Waals surface area contributed by atoms with Crippen molar-refractivity contribution in [2.24, 2.45) is 0 Å². The SMILES string of the molecule is CC(CCC(CCC(C)N1C2CCC1COC2)N1CC2CC1CO2)N1CC2CCC1CO2. The Morgan fingerprint density at radius 3 is 1.91 bits per heavy atom. The van der Waals surface area contributed by atoms with Crippen molar-refractivity contribution in [2.45, 2.75) is 126 Å². The van der Waals surface area contributed by atoms with E-state index in [0.29, 0.717) is 48.5 Å². The van der Waals surface area contributed by atoms with Crippen LogP contribution in [0.15, 0.2) is 0 Å². The highest BCUT2D eigenvalue weighted by molar-refractivity contribution is 4.97. The molecule has 182 valence electrons. The van der Waals surface area contributed by atoms with Gasteiger partial charge in [-0.05, 0) is 71.6 Å². The van der Waals surface area contributed by atoms with Gasteiger partial charge in [-0.15, -0.1) is 0 Å². The quantitative estimate of drug-likeness (QED) is 0.541. The standard InChI is InChI=1S/C26H45N3O3/c1-18(27-12-25-10-9-21(27)16-31-25)3-5-20(28-13-26-11-24(28)17-32-26)6-4-19(2)29-22-7-8-23(29)15-30-14-22/h18-26H,3-17H2,1-2H3. The van der Waals surface area contributed by atoms with Crippen LogP contribution in [-0.4, -0.2) is 109 Å². The van der Waals surface area contributed by atoms with Crippen LogP contribution in [0.2, 0.25) is 0 Å². The monoisotopic (exact) mass is 447 g/mol. The second kappa shape index (κ2) is 9.43. The van der Waals surface area contributed by atoms with Gasteiger partial charge in [-0.2, -0.15) is 0 Å². The molecule has 32 heavy (non-hydrogen) atoms. The number of hydrogen-bond acceptors (Lipinski definition) is 6. The van der Waals surface area contributed by atoms with Crippen LogP contribution in [0.3, 0.4) is 0 Å². The van der Waals surface area contributed by atoms with Crippen molar-refractivity contribution >= 4 is 0 Å². The summed E-state index contributed by atoms with van der Waals surface area (Å²) in [4.78, 5) is 8.46. The first-order chi connectivity index (χ1) is 15.7. The minimum absolute atomic E-state index is 0.495. The van der Waals surface area contributed by atoms with Gasteiger partial charge in [0.2, 0.25) is 0 Å². The van der Waals surface area contributed by atoms with Gasteiger partial charge in [-0.25, -0.2) is 0 Å². The highest BCUT2D eigenvalue weighted by atomic mass is 16.5. The summed E-state index contributed by atoms with van der Waals surface area (Å²) in [5.74, 6) is 0. The molecule has 6 nitrogen and oxygen atoms in total. The summed E-state index contributed by atoms with van der Waals surface area (Å²) in [6, 6.07) is 4.78.